The molecule has 0 spiro atoms. The van der Waals surface area contributed by atoms with E-state index in [1.807, 2.05) is 0 Å². The summed E-state index contributed by atoms with van der Waals surface area (Å²) < 4.78 is 0. The molecule has 2 N–H and O–H groups in total. The molecule has 2 heteroatoms. The Morgan fingerprint density at radius 2 is 1.94 bits per heavy atom. The molecule has 3 aliphatic carbocycles. The molecule has 0 aromatic heterocycles. The van der Waals surface area contributed by atoms with Crippen LogP contribution in [0.1, 0.15) is 46.5 Å². The van der Waals surface area contributed by atoms with Crippen molar-refractivity contribution in [3.05, 3.63) is 11.1 Å². The van der Waals surface area contributed by atoms with Crippen LogP contribution in [0.3, 0.4) is 0 Å². The predicted molar refractivity (Wildman–Crippen MR) is 67.5 cm³/mol. The molecule has 4 atom stereocenters. The van der Waals surface area contributed by atoms with Crippen LogP contribution < -0.4 is 0 Å². The van der Waals surface area contributed by atoms with Crippen LogP contribution in [0.2, 0.25) is 0 Å². The molecule has 2 fully saturated rings. The summed E-state index contributed by atoms with van der Waals surface area (Å²) in [6.07, 6.45) is 4.21. The van der Waals surface area contributed by atoms with Crippen molar-refractivity contribution in [1.82, 2.24) is 0 Å². The van der Waals surface area contributed by atoms with Gasteiger partial charge in [0, 0.05) is 5.41 Å². The van der Waals surface area contributed by atoms with E-state index in [0.717, 1.165) is 19.3 Å². The average Bonchev–Trinajstić information content (AvgIpc) is 2.53. The van der Waals surface area contributed by atoms with Gasteiger partial charge in [-0.2, -0.15) is 0 Å². The largest absolute Gasteiger partial charge is 0.393 e. The average molecular weight is 236 g/mol. The summed E-state index contributed by atoms with van der Waals surface area (Å²) in [7, 11) is 0. The second-order valence-corrected chi connectivity index (χ2v) is 7.46. The second-order valence-electron chi connectivity index (χ2n) is 7.46. The van der Waals surface area contributed by atoms with Crippen molar-refractivity contribution in [3.8, 4) is 0 Å². The Kier molecular flexibility index (Phi) is 2.32. The molecule has 3 rings (SSSR count). The van der Waals surface area contributed by atoms with Gasteiger partial charge in [0.25, 0.3) is 0 Å². The standard InChI is InChI=1S/C15H24O2/c1-14(2)5-9-6-15(3)12(4-13(15)17)11(8-16)10(9)7-14/h9,12-13,16-17H,4-8H2,1-3H3/t9-,12?,13-,15-/m0/s1. The number of aliphatic hydroxyl groups excluding tert-OH is 2. The Bertz CT molecular complexity index is 382. The third-order valence-corrected chi connectivity index (χ3v) is 5.67. The van der Waals surface area contributed by atoms with Crippen molar-refractivity contribution in [2.45, 2.75) is 52.6 Å². The van der Waals surface area contributed by atoms with E-state index < -0.39 is 0 Å². The van der Waals surface area contributed by atoms with E-state index in [2.05, 4.69) is 20.8 Å². The fourth-order valence-corrected chi connectivity index (χ4v) is 4.71. The van der Waals surface area contributed by atoms with Crippen molar-refractivity contribution in [3.63, 3.8) is 0 Å². The SMILES string of the molecule is CC1(C)CC2=C(CO)C3C[C@H](O)[C@@]3(C)C[C@@H]2C1. The Hall–Kier alpha value is -0.340. The maximum Gasteiger partial charge on any atom is 0.0647 e. The minimum Gasteiger partial charge on any atom is -0.393 e. The summed E-state index contributed by atoms with van der Waals surface area (Å²) in [6.45, 7) is 7.07. The molecule has 17 heavy (non-hydrogen) atoms. The Morgan fingerprint density at radius 1 is 1.24 bits per heavy atom. The van der Waals surface area contributed by atoms with Gasteiger partial charge in [-0.15, -0.1) is 0 Å². The molecular weight excluding hydrogens is 212 g/mol. The van der Waals surface area contributed by atoms with Crippen molar-refractivity contribution < 1.29 is 10.2 Å². The van der Waals surface area contributed by atoms with Crippen LogP contribution in [0.15, 0.2) is 11.1 Å². The number of allylic oxidation sites excluding steroid dienone is 1. The highest BCUT2D eigenvalue weighted by atomic mass is 16.3. The van der Waals surface area contributed by atoms with Crippen molar-refractivity contribution in [2.75, 3.05) is 6.61 Å². The monoisotopic (exact) mass is 236 g/mol. The maximum absolute atomic E-state index is 10.1. The Balaban J connectivity index is 2.00. The molecule has 1 unspecified atom stereocenters. The zero-order valence-corrected chi connectivity index (χ0v) is 11.2. The quantitative estimate of drug-likeness (QED) is 0.687. The van der Waals surface area contributed by atoms with Gasteiger partial charge in [0.2, 0.25) is 0 Å². The lowest BCUT2D eigenvalue weighted by atomic mass is 9.50. The maximum atomic E-state index is 10.1. The van der Waals surface area contributed by atoms with Gasteiger partial charge in [-0.1, -0.05) is 26.3 Å². The first kappa shape index (κ1) is 11.7. The molecule has 0 heterocycles. The van der Waals surface area contributed by atoms with Gasteiger partial charge in [0.05, 0.1) is 12.7 Å². The highest BCUT2D eigenvalue weighted by Gasteiger charge is 2.58. The number of hydrogen-bond acceptors (Lipinski definition) is 2. The molecule has 0 aromatic rings. The highest BCUT2D eigenvalue weighted by molar-refractivity contribution is 5.34. The van der Waals surface area contributed by atoms with Gasteiger partial charge in [0.15, 0.2) is 0 Å². The molecule has 0 aliphatic heterocycles. The number of aliphatic hydroxyl groups is 2. The molecule has 3 aliphatic rings. The summed E-state index contributed by atoms with van der Waals surface area (Å²) in [5.74, 6) is 1.06. The molecule has 2 saturated carbocycles. The van der Waals surface area contributed by atoms with E-state index in [4.69, 9.17) is 0 Å². The lowest BCUT2D eigenvalue weighted by molar-refractivity contribution is -0.116. The van der Waals surface area contributed by atoms with Crippen molar-refractivity contribution in [2.24, 2.45) is 22.7 Å². The van der Waals surface area contributed by atoms with Gasteiger partial charge in [0.1, 0.15) is 0 Å². The third kappa shape index (κ3) is 1.47. The summed E-state index contributed by atoms with van der Waals surface area (Å²) in [6, 6.07) is 0. The van der Waals surface area contributed by atoms with Crippen molar-refractivity contribution >= 4 is 0 Å². The lowest BCUT2D eigenvalue weighted by Crippen LogP contribution is -2.55. The van der Waals surface area contributed by atoms with Crippen LogP contribution in [0.4, 0.5) is 0 Å². The molecule has 2 nitrogen and oxygen atoms in total. The van der Waals surface area contributed by atoms with Crippen LogP contribution in [0.25, 0.3) is 0 Å². The predicted octanol–water partition coefficient (Wildman–Crippen LogP) is 2.50. The Labute approximate surface area is 104 Å². The first-order valence-corrected chi connectivity index (χ1v) is 6.88. The van der Waals surface area contributed by atoms with Gasteiger partial charge in [-0.25, -0.2) is 0 Å². The summed E-state index contributed by atoms with van der Waals surface area (Å²) >= 11 is 0. The van der Waals surface area contributed by atoms with Crippen LogP contribution in [0.5, 0.6) is 0 Å². The topological polar surface area (TPSA) is 40.5 Å². The summed E-state index contributed by atoms with van der Waals surface area (Å²) in [5.41, 5.74) is 3.24. The van der Waals surface area contributed by atoms with E-state index >= 15 is 0 Å². The van der Waals surface area contributed by atoms with Crippen LogP contribution in [0, 0.1) is 22.7 Å². The molecule has 0 aromatic carbocycles. The lowest BCUT2D eigenvalue weighted by Gasteiger charge is -2.57. The number of fused-ring (bicyclic) bond motifs is 2. The van der Waals surface area contributed by atoms with Crippen LogP contribution in [-0.4, -0.2) is 22.9 Å². The van der Waals surface area contributed by atoms with Gasteiger partial charge >= 0.3 is 0 Å². The fraction of sp³-hybridized carbons (Fsp3) is 0.867. The second kappa shape index (κ2) is 3.36. The van der Waals surface area contributed by atoms with Crippen LogP contribution >= 0.6 is 0 Å². The zero-order chi connectivity index (χ0) is 12.4. The number of hydrogen-bond donors (Lipinski definition) is 2. The number of rotatable bonds is 1. The van der Waals surface area contributed by atoms with E-state index in [1.165, 1.54) is 17.6 Å². The van der Waals surface area contributed by atoms with E-state index in [0.29, 0.717) is 17.3 Å². The van der Waals surface area contributed by atoms with E-state index in [1.54, 1.807) is 0 Å². The van der Waals surface area contributed by atoms with Gasteiger partial charge in [-0.05, 0) is 48.5 Å². The van der Waals surface area contributed by atoms with Crippen LogP contribution in [-0.2, 0) is 0 Å². The molecule has 0 saturated heterocycles. The van der Waals surface area contributed by atoms with E-state index in [9.17, 15) is 10.2 Å². The molecule has 0 amide bonds. The van der Waals surface area contributed by atoms with Gasteiger partial charge < -0.3 is 10.2 Å². The first-order valence-electron chi connectivity index (χ1n) is 6.88. The Morgan fingerprint density at radius 3 is 2.53 bits per heavy atom. The molecule has 0 bridgehead atoms. The highest BCUT2D eigenvalue weighted by Crippen LogP contribution is 2.63. The first-order chi connectivity index (χ1) is 7.87. The summed E-state index contributed by atoms with van der Waals surface area (Å²) in [5, 5.41) is 19.8. The third-order valence-electron chi connectivity index (χ3n) is 5.67. The smallest absolute Gasteiger partial charge is 0.0647 e. The zero-order valence-electron chi connectivity index (χ0n) is 11.2. The molecule has 0 radical (unpaired) electrons. The van der Waals surface area contributed by atoms with Gasteiger partial charge in [-0.3, -0.25) is 0 Å². The summed E-state index contributed by atoms with van der Waals surface area (Å²) in [4.78, 5) is 0. The van der Waals surface area contributed by atoms with Crippen molar-refractivity contribution in [1.29, 1.82) is 0 Å². The minimum atomic E-state index is -0.153. The molecule has 96 valence electrons. The van der Waals surface area contributed by atoms with E-state index in [-0.39, 0.29) is 18.1 Å². The minimum absolute atomic E-state index is 0.0483. The molecular formula is C15H24O2. The normalized spacial score (nSPS) is 47.5. The fourth-order valence-electron chi connectivity index (χ4n) is 4.71.